The Kier molecular flexibility index (Phi) is 5.13. The summed E-state index contributed by atoms with van der Waals surface area (Å²) in [5.41, 5.74) is 0. The topological polar surface area (TPSA) is 6.48 Å². The third kappa shape index (κ3) is 3.84. The van der Waals surface area contributed by atoms with Gasteiger partial charge in [0.1, 0.15) is 0 Å². The molecular formula is C9H21N2P. The molecule has 1 aliphatic heterocycles. The zero-order valence-electron chi connectivity index (χ0n) is 8.13. The summed E-state index contributed by atoms with van der Waals surface area (Å²) in [6.45, 7) is 8.53. The average Bonchev–Trinajstić information content (AvgIpc) is 2.09. The zero-order valence-corrected chi connectivity index (χ0v) is 9.28. The first-order valence-electron chi connectivity index (χ1n) is 5.05. The first-order chi connectivity index (χ1) is 5.83. The van der Waals surface area contributed by atoms with E-state index in [1.807, 2.05) is 0 Å². The van der Waals surface area contributed by atoms with E-state index in [2.05, 4.69) is 25.9 Å². The lowest BCUT2D eigenvalue weighted by Gasteiger charge is -2.32. The second-order valence-corrected chi connectivity index (χ2v) is 4.32. The Hall–Kier alpha value is 0.350. The van der Waals surface area contributed by atoms with Crippen molar-refractivity contribution in [2.24, 2.45) is 0 Å². The Morgan fingerprint density at radius 3 is 2.33 bits per heavy atom. The standard InChI is InChI=1S/C9H21N2P/c1-2-3-4-5-10-6-8-11(12)9-7-10/h2-9,12H2,1H3. The van der Waals surface area contributed by atoms with Crippen LogP contribution in [-0.2, 0) is 0 Å². The van der Waals surface area contributed by atoms with Crippen molar-refractivity contribution in [3.05, 3.63) is 0 Å². The van der Waals surface area contributed by atoms with Gasteiger partial charge in [0, 0.05) is 26.2 Å². The maximum atomic E-state index is 2.79. The highest BCUT2D eigenvalue weighted by atomic mass is 31.0. The summed E-state index contributed by atoms with van der Waals surface area (Å²) >= 11 is 0. The molecule has 0 spiro atoms. The summed E-state index contributed by atoms with van der Waals surface area (Å²) in [5, 5.41) is 0. The molecule has 3 heteroatoms. The van der Waals surface area contributed by atoms with Crippen molar-refractivity contribution >= 4 is 9.39 Å². The van der Waals surface area contributed by atoms with Crippen LogP contribution in [0.5, 0.6) is 0 Å². The van der Waals surface area contributed by atoms with Crippen LogP contribution in [-0.4, -0.2) is 42.3 Å². The van der Waals surface area contributed by atoms with E-state index in [-0.39, 0.29) is 0 Å². The predicted molar refractivity (Wildman–Crippen MR) is 57.2 cm³/mol. The van der Waals surface area contributed by atoms with Crippen molar-refractivity contribution in [2.45, 2.75) is 26.2 Å². The zero-order chi connectivity index (χ0) is 8.81. The molecule has 0 aliphatic carbocycles. The van der Waals surface area contributed by atoms with Crippen LogP contribution in [0, 0.1) is 0 Å². The van der Waals surface area contributed by atoms with Crippen LogP contribution < -0.4 is 0 Å². The molecule has 1 unspecified atom stereocenters. The molecular weight excluding hydrogens is 167 g/mol. The van der Waals surface area contributed by atoms with E-state index in [1.54, 1.807) is 0 Å². The van der Waals surface area contributed by atoms with E-state index < -0.39 is 0 Å². The number of hydrogen-bond acceptors (Lipinski definition) is 2. The molecule has 12 heavy (non-hydrogen) atoms. The maximum absolute atomic E-state index is 2.79. The van der Waals surface area contributed by atoms with Gasteiger partial charge in [0.25, 0.3) is 0 Å². The summed E-state index contributed by atoms with van der Waals surface area (Å²) < 4.78 is 2.33. The van der Waals surface area contributed by atoms with Gasteiger partial charge in [-0.25, -0.2) is 0 Å². The van der Waals surface area contributed by atoms with Gasteiger partial charge in [-0.2, -0.15) is 0 Å². The smallest absolute Gasteiger partial charge is 0.0145 e. The number of piperazine rings is 1. The molecule has 0 radical (unpaired) electrons. The SMILES string of the molecule is CCCCCN1CCN(P)CC1. The molecule has 1 fully saturated rings. The van der Waals surface area contributed by atoms with E-state index >= 15 is 0 Å². The van der Waals surface area contributed by atoms with Gasteiger partial charge in [-0.3, -0.25) is 4.67 Å². The number of hydrogen-bond donors (Lipinski definition) is 0. The van der Waals surface area contributed by atoms with Crippen LogP contribution >= 0.6 is 9.39 Å². The minimum Gasteiger partial charge on any atom is -0.301 e. The van der Waals surface area contributed by atoms with Crippen LogP contribution in [0.2, 0.25) is 0 Å². The first-order valence-corrected chi connectivity index (χ1v) is 5.56. The van der Waals surface area contributed by atoms with Gasteiger partial charge >= 0.3 is 0 Å². The third-order valence-corrected chi connectivity index (χ3v) is 3.00. The van der Waals surface area contributed by atoms with Gasteiger partial charge in [0.15, 0.2) is 0 Å². The molecule has 0 aromatic heterocycles. The van der Waals surface area contributed by atoms with Crippen molar-refractivity contribution < 1.29 is 0 Å². The van der Waals surface area contributed by atoms with Gasteiger partial charge in [0.2, 0.25) is 0 Å². The molecule has 0 N–H and O–H groups in total. The molecule has 1 atom stereocenters. The van der Waals surface area contributed by atoms with E-state index in [4.69, 9.17) is 0 Å². The maximum Gasteiger partial charge on any atom is 0.0145 e. The molecule has 0 amide bonds. The third-order valence-electron chi connectivity index (χ3n) is 2.48. The van der Waals surface area contributed by atoms with E-state index in [0.717, 1.165) is 0 Å². The van der Waals surface area contributed by atoms with Crippen LogP contribution in [0.4, 0.5) is 0 Å². The molecule has 1 saturated heterocycles. The highest BCUT2D eigenvalue weighted by Gasteiger charge is 2.12. The van der Waals surface area contributed by atoms with Crippen LogP contribution in [0.1, 0.15) is 26.2 Å². The van der Waals surface area contributed by atoms with Crippen LogP contribution in [0.3, 0.4) is 0 Å². The van der Waals surface area contributed by atoms with E-state index in [1.165, 1.54) is 52.0 Å². The monoisotopic (exact) mass is 188 g/mol. The molecule has 72 valence electrons. The normalized spacial score (nSPS) is 21.5. The molecule has 1 heterocycles. The highest BCUT2D eigenvalue weighted by Crippen LogP contribution is 2.07. The van der Waals surface area contributed by atoms with Gasteiger partial charge in [-0.05, 0) is 13.0 Å². The largest absolute Gasteiger partial charge is 0.301 e. The second kappa shape index (κ2) is 5.90. The predicted octanol–water partition coefficient (Wildman–Crippen LogP) is 1.58. The Morgan fingerprint density at radius 2 is 1.75 bits per heavy atom. The Morgan fingerprint density at radius 1 is 1.08 bits per heavy atom. The van der Waals surface area contributed by atoms with Crippen molar-refractivity contribution in [1.82, 2.24) is 9.57 Å². The molecule has 1 rings (SSSR count). The number of nitrogens with zero attached hydrogens (tertiary/aromatic N) is 2. The van der Waals surface area contributed by atoms with E-state index in [0.29, 0.717) is 0 Å². The Labute approximate surface area is 78.6 Å². The lowest BCUT2D eigenvalue weighted by Crippen LogP contribution is -2.42. The summed E-state index contributed by atoms with van der Waals surface area (Å²) in [4.78, 5) is 2.58. The fraction of sp³-hybridized carbons (Fsp3) is 1.00. The summed E-state index contributed by atoms with van der Waals surface area (Å²) in [6.07, 6.45) is 4.11. The quantitative estimate of drug-likeness (QED) is 0.488. The Bertz CT molecular complexity index is 111. The molecule has 0 aromatic carbocycles. The van der Waals surface area contributed by atoms with Crippen LogP contribution in [0.25, 0.3) is 0 Å². The molecule has 0 aromatic rings. The lowest BCUT2D eigenvalue weighted by molar-refractivity contribution is 0.193. The van der Waals surface area contributed by atoms with Crippen LogP contribution in [0.15, 0.2) is 0 Å². The minimum absolute atomic E-state index is 1.22. The highest BCUT2D eigenvalue weighted by molar-refractivity contribution is 7.13. The summed E-state index contributed by atoms with van der Waals surface area (Å²) in [6, 6.07) is 0. The average molecular weight is 188 g/mol. The Balaban J connectivity index is 2.01. The fourth-order valence-corrected chi connectivity index (χ4v) is 1.80. The summed E-state index contributed by atoms with van der Waals surface area (Å²) in [5.74, 6) is 0. The number of rotatable bonds is 4. The number of unbranched alkanes of at least 4 members (excludes halogenated alkanes) is 2. The van der Waals surface area contributed by atoms with Crippen molar-refractivity contribution in [1.29, 1.82) is 0 Å². The fourth-order valence-electron chi connectivity index (χ4n) is 1.57. The molecule has 1 aliphatic rings. The van der Waals surface area contributed by atoms with E-state index in [9.17, 15) is 0 Å². The lowest BCUT2D eigenvalue weighted by atomic mass is 10.2. The summed E-state index contributed by atoms with van der Waals surface area (Å²) in [7, 11) is 2.79. The molecule has 0 bridgehead atoms. The second-order valence-electron chi connectivity index (χ2n) is 3.58. The van der Waals surface area contributed by atoms with Gasteiger partial charge < -0.3 is 4.90 Å². The van der Waals surface area contributed by atoms with Crippen molar-refractivity contribution in [2.75, 3.05) is 32.7 Å². The minimum atomic E-state index is 1.22. The van der Waals surface area contributed by atoms with Crippen molar-refractivity contribution in [3.63, 3.8) is 0 Å². The van der Waals surface area contributed by atoms with Gasteiger partial charge in [0.05, 0.1) is 0 Å². The molecule has 2 nitrogen and oxygen atoms in total. The van der Waals surface area contributed by atoms with Crippen molar-refractivity contribution in [3.8, 4) is 0 Å². The van der Waals surface area contributed by atoms with Gasteiger partial charge in [-0.1, -0.05) is 29.2 Å². The molecule has 0 saturated carbocycles. The first kappa shape index (κ1) is 10.4. The van der Waals surface area contributed by atoms with Gasteiger partial charge in [-0.15, -0.1) is 0 Å².